The highest BCUT2D eigenvalue weighted by atomic mass is 19.1. The summed E-state index contributed by atoms with van der Waals surface area (Å²) in [5.41, 5.74) is 5.00. The van der Waals surface area contributed by atoms with Crippen LogP contribution in [0.15, 0.2) is 24.3 Å². The van der Waals surface area contributed by atoms with Crippen LogP contribution in [0, 0.1) is 34.9 Å². The molecule has 2 heterocycles. The van der Waals surface area contributed by atoms with Crippen LogP contribution in [0.2, 0.25) is 0 Å². The SMILES string of the molecule is CC(C)[C@H](NC(=O)N[C@H](C(=O)N1CC[C@H](C(C)C)[C@H]1C(=O)NC(CC1CC1)C(=O)C(N)=O)C(C)(C)C)C(=O)N1CCN(c2ccccc2F)CC1. The fourth-order valence-corrected chi connectivity index (χ4v) is 7.16. The van der Waals surface area contributed by atoms with Crippen molar-refractivity contribution in [2.45, 2.75) is 98.3 Å². The van der Waals surface area contributed by atoms with Crippen molar-refractivity contribution in [3.63, 3.8) is 0 Å². The molecular weight excluding hydrogens is 657 g/mol. The van der Waals surface area contributed by atoms with Gasteiger partial charge >= 0.3 is 6.03 Å². The molecule has 1 unspecified atom stereocenters. The number of piperazine rings is 1. The Hall–Kier alpha value is -4.23. The number of urea groups is 1. The zero-order valence-corrected chi connectivity index (χ0v) is 31.0. The van der Waals surface area contributed by atoms with Crippen molar-refractivity contribution >= 4 is 41.1 Å². The quantitative estimate of drug-likeness (QED) is 0.227. The molecule has 1 aromatic carbocycles. The van der Waals surface area contributed by atoms with Crippen LogP contribution < -0.4 is 26.6 Å². The van der Waals surface area contributed by atoms with Crippen molar-refractivity contribution in [3.05, 3.63) is 30.1 Å². The van der Waals surface area contributed by atoms with Crippen molar-refractivity contribution in [1.29, 1.82) is 0 Å². The van der Waals surface area contributed by atoms with Crippen molar-refractivity contribution < 1.29 is 33.2 Å². The van der Waals surface area contributed by atoms with Crippen LogP contribution in [0.25, 0.3) is 0 Å². The summed E-state index contributed by atoms with van der Waals surface area (Å²) in [5.74, 6) is -3.83. The third kappa shape index (κ3) is 9.76. The number of carbonyl (C=O) groups excluding carboxylic acids is 6. The van der Waals surface area contributed by atoms with Gasteiger partial charge in [-0.25, -0.2) is 9.18 Å². The van der Waals surface area contributed by atoms with Gasteiger partial charge in [0.05, 0.1) is 11.7 Å². The molecule has 282 valence electrons. The van der Waals surface area contributed by atoms with E-state index in [4.69, 9.17) is 5.73 Å². The van der Waals surface area contributed by atoms with E-state index in [0.29, 0.717) is 44.7 Å². The highest BCUT2D eigenvalue weighted by Gasteiger charge is 2.48. The molecule has 14 heteroatoms. The number of anilines is 1. The molecular formula is C37H56FN7O6. The van der Waals surface area contributed by atoms with Crippen LogP contribution in [-0.2, 0) is 24.0 Å². The number of nitrogens with zero attached hydrogens (tertiary/aromatic N) is 3. The first-order valence-corrected chi connectivity index (χ1v) is 18.2. The minimum atomic E-state index is -1.12. The number of para-hydroxylation sites is 1. The molecule has 0 aromatic heterocycles. The highest BCUT2D eigenvalue weighted by molar-refractivity contribution is 6.37. The number of primary amides is 1. The van der Waals surface area contributed by atoms with Gasteiger partial charge < -0.3 is 36.4 Å². The van der Waals surface area contributed by atoms with Gasteiger partial charge in [-0.1, -0.05) is 73.4 Å². The van der Waals surface area contributed by atoms with Gasteiger partial charge in [-0.15, -0.1) is 0 Å². The van der Waals surface area contributed by atoms with Crippen LogP contribution in [0.1, 0.15) is 74.1 Å². The molecule has 1 aliphatic carbocycles. The van der Waals surface area contributed by atoms with E-state index in [1.165, 1.54) is 11.0 Å². The Morgan fingerprint density at radius 1 is 0.863 bits per heavy atom. The van der Waals surface area contributed by atoms with Crippen LogP contribution in [0.4, 0.5) is 14.9 Å². The molecule has 51 heavy (non-hydrogen) atoms. The zero-order chi connectivity index (χ0) is 37.8. The Kier molecular flexibility index (Phi) is 12.7. The highest BCUT2D eigenvalue weighted by Crippen LogP contribution is 2.35. The average Bonchev–Trinajstić information content (AvgIpc) is 3.77. The first-order valence-electron chi connectivity index (χ1n) is 18.2. The number of amides is 6. The summed E-state index contributed by atoms with van der Waals surface area (Å²) in [5, 5.41) is 8.37. The van der Waals surface area contributed by atoms with Crippen LogP contribution >= 0.6 is 0 Å². The number of likely N-dealkylation sites (tertiary alicyclic amines) is 1. The van der Waals surface area contributed by atoms with E-state index in [-0.39, 0.29) is 41.9 Å². The second-order valence-corrected chi connectivity index (χ2v) is 16.0. The van der Waals surface area contributed by atoms with Gasteiger partial charge in [0.15, 0.2) is 0 Å². The molecule has 4 rings (SSSR count). The first-order chi connectivity index (χ1) is 23.9. The van der Waals surface area contributed by atoms with E-state index in [1.807, 2.05) is 32.6 Å². The lowest BCUT2D eigenvalue weighted by Crippen LogP contribution is -2.63. The van der Waals surface area contributed by atoms with Crippen LogP contribution in [0.5, 0.6) is 0 Å². The summed E-state index contributed by atoms with van der Waals surface area (Å²) >= 11 is 0. The molecule has 5 N–H and O–H groups in total. The number of nitrogens with two attached hydrogens (primary N) is 1. The molecule has 0 radical (unpaired) electrons. The van der Waals surface area contributed by atoms with Gasteiger partial charge in [-0.2, -0.15) is 0 Å². The van der Waals surface area contributed by atoms with Crippen molar-refractivity contribution in [1.82, 2.24) is 25.8 Å². The summed E-state index contributed by atoms with van der Waals surface area (Å²) in [6, 6.07) is 1.86. The molecule has 0 bridgehead atoms. The molecule has 2 saturated heterocycles. The number of nitrogens with one attached hydrogen (secondary N) is 3. The molecule has 1 saturated carbocycles. The minimum Gasteiger partial charge on any atom is -0.366 e. The second-order valence-electron chi connectivity index (χ2n) is 16.0. The van der Waals surface area contributed by atoms with E-state index in [9.17, 15) is 33.2 Å². The van der Waals surface area contributed by atoms with E-state index in [2.05, 4.69) is 16.0 Å². The third-order valence-corrected chi connectivity index (χ3v) is 10.4. The van der Waals surface area contributed by atoms with Crippen molar-refractivity contribution in [2.24, 2.45) is 34.8 Å². The van der Waals surface area contributed by atoms with Crippen LogP contribution in [-0.4, -0.2) is 102 Å². The van der Waals surface area contributed by atoms with Gasteiger partial charge in [0.25, 0.3) is 5.91 Å². The van der Waals surface area contributed by atoms with Crippen LogP contribution in [0.3, 0.4) is 0 Å². The molecule has 2 aliphatic heterocycles. The Morgan fingerprint density at radius 3 is 2.02 bits per heavy atom. The average molecular weight is 714 g/mol. The summed E-state index contributed by atoms with van der Waals surface area (Å²) in [7, 11) is 0. The van der Waals surface area contributed by atoms with Gasteiger partial charge in [-0.05, 0) is 54.1 Å². The molecule has 3 fully saturated rings. The van der Waals surface area contributed by atoms with Crippen molar-refractivity contribution in [2.75, 3.05) is 37.6 Å². The van der Waals surface area contributed by atoms with E-state index in [0.717, 1.165) is 12.8 Å². The number of benzene rings is 1. The standard InChI is InChI=1S/C37H56FN7O6/c1-21(2)24-14-15-45(29(24)33(48)40-26(20-23-12-13-23)30(46)32(39)47)35(50)31(37(5,6)7)42-36(51)41-28(22(3)4)34(49)44-18-16-43(17-19-44)27-11-9-8-10-25(27)38/h8-11,21-24,26,28-29,31H,12-20H2,1-7H3,(H2,39,47)(H,40,48)(H2,41,42,51)/t24-,26?,28+,29+,31-/m1/s1. The Morgan fingerprint density at radius 2 is 1.49 bits per heavy atom. The molecule has 13 nitrogen and oxygen atoms in total. The lowest BCUT2D eigenvalue weighted by molar-refractivity contribution is -0.144. The molecule has 3 aliphatic rings. The minimum absolute atomic E-state index is 0.0167. The summed E-state index contributed by atoms with van der Waals surface area (Å²) in [4.78, 5) is 85.0. The first kappa shape index (κ1) is 39.6. The normalized spacial score (nSPS) is 21.3. The maximum atomic E-state index is 14.4. The lowest BCUT2D eigenvalue weighted by atomic mass is 9.84. The van der Waals surface area contributed by atoms with E-state index < -0.39 is 59.1 Å². The smallest absolute Gasteiger partial charge is 0.316 e. The van der Waals surface area contributed by atoms with E-state index in [1.54, 1.807) is 43.9 Å². The Bertz CT molecular complexity index is 1470. The predicted molar refractivity (Wildman–Crippen MR) is 191 cm³/mol. The number of carbonyl (C=O) groups is 6. The van der Waals surface area contributed by atoms with Gasteiger partial charge in [-0.3, -0.25) is 24.0 Å². The van der Waals surface area contributed by atoms with Gasteiger partial charge in [0.1, 0.15) is 23.9 Å². The number of Topliss-reactive ketones (excluding diaryl/α,β-unsaturated/α-hetero) is 1. The summed E-state index contributed by atoms with van der Waals surface area (Å²) in [6.45, 7) is 14.8. The number of ketones is 1. The number of hydrogen-bond donors (Lipinski definition) is 4. The number of hydrogen-bond acceptors (Lipinski definition) is 7. The molecule has 5 atom stereocenters. The number of rotatable bonds is 13. The van der Waals surface area contributed by atoms with E-state index >= 15 is 0 Å². The monoisotopic (exact) mass is 713 g/mol. The van der Waals surface area contributed by atoms with Crippen molar-refractivity contribution in [3.8, 4) is 0 Å². The maximum absolute atomic E-state index is 14.4. The summed E-state index contributed by atoms with van der Waals surface area (Å²) in [6.07, 6.45) is 2.65. The number of halogens is 1. The molecule has 0 spiro atoms. The predicted octanol–water partition coefficient (Wildman–Crippen LogP) is 2.43. The molecule has 1 aromatic rings. The molecule has 6 amide bonds. The maximum Gasteiger partial charge on any atom is 0.316 e. The summed E-state index contributed by atoms with van der Waals surface area (Å²) < 4.78 is 14.4. The largest absolute Gasteiger partial charge is 0.366 e. The second kappa shape index (κ2) is 16.4. The lowest BCUT2D eigenvalue weighted by Gasteiger charge is -2.39. The Labute approximate surface area is 300 Å². The Balaban J connectivity index is 1.46. The van der Waals surface area contributed by atoms with Gasteiger partial charge in [0, 0.05) is 32.7 Å². The topological polar surface area (TPSA) is 174 Å². The third-order valence-electron chi connectivity index (χ3n) is 10.4. The fourth-order valence-electron chi connectivity index (χ4n) is 7.16. The zero-order valence-electron chi connectivity index (χ0n) is 31.0. The fraction of sp³-hybridized carbons (Fsp3) is 0.676. The van der Waals surface area contributed by atoms with Gasteiger partial charge in [0.2, 0.25) is 23.5 Å².